The second-order valence-corrected chi connectivity index (χ2v) is 5.57. The molecule has 0 bridgehead atoms. The highest BCUT2D eigenvalue weighted by molar-refractivity contribution is 5.90. The summed E-state index contributed by atoms with van der Waals surface area (Å²) < 4.78 is 0. The van der Waals surface area contributed by atoms with Gasteiger partial charge in [0.15, 0.2) is 0 Å². The van der Waals surface area contributed by atoms with Gasteiger partial charge in [0.2, 0.25) is 0 Å². The first kappa shape index (κ1) is 12.4. The SMILES string of the molecule is CN(Cc1cc(N)c2ccccc2n1)C1CCCC1. The molecule has 3 heteroatoms. The van der Waals surface area contributed by atoms with Gasteiger partial charge >= 0.3 is 0 Å². The molecule has 1 saturated carbocycles. The van der Waals surface area contributed by atoms with Crippen LogP contribution in [0.1, 0.15) is 31.4 Å². The van der Waals surface area contributed by atoms with Crippen LogP contribution in [0.25, 0.3) is 10.9 Å². The summed E-state index contributed by atoms with van der Waals surface area (Å²) in [5, 5.41) is 1.05. The summed E-state index contributed by atoms with van der Waals surface area (Å²) in [7, 11) is 2.20. The Hall–Kier alpha value is -1.61. The van der Waals surface area contributed by atoms with E-state index in [0.717, 1.165) is 34.9 Å². The molecule has 0 aliphatic heterocycles. The lowest BCUT2D eigenvalue weighted by atomic mass is 10.1. The monoisotopic (exact) mass is 255 g/mol. The third kappa shape index (κ3) is 2.56. The molecule has 2 N–H and O–H groups in total. The van der Waals surface area contributed by atoms with Gasteiger partial charge in [-0.3, -0.25) is 9.88 Å². The van der Waals surface area contributed by atoms with E-state index in [1.54, 1.807) is 0 Å². The fourth-order valence-electron chi connectivity index (χ4n) is 3.07. The summed E-state index contributed by atoms with van der Waals surface area (Å²) in [5.74, 6) is 0. The lowest BCUT2D eigenvalue weighted by Gasteiger charge is -2.23. The van der Waals surface area contributed by atoms with Crippen LogP contribution >= 0.6 is 0 Å². The lowest BCUT2D eigenvalue weighted by Crippen LogP contribution is -2.28. The Morgan fingerprint density at radius 1 is 1.26 bits per heavy atom. The van der Waals surface area contributed by atoms with Crippen LogP contribution in [-0.4, -0.2) is 23.0 Å². The van der Waals surface area contributed by atoms with E-state index in [1.165, 1.54) is 25.7 Å². The molecule has 0 spiro atoms. The highest BCUT2D eigenvalue weighted by Gasteiger charge is 2.19. The van der Waals surface area contributed by atoms with Crippen molar-refractivity contribution < 1.29 is 0 Å². The van der Waals surface area contributed by atoms with Crippen molar-refractivity contribution in [1.82, 2.24) is 9.88 Å². The molecule has 1 aliphatic rings. The molecule has 1 aromatic carbocycles. The molecular weight excluding hydrogens is 234 g/mol. The molecule has 1 aliphatic carbocycles. The number of nitrogens with two attached hydrogens (primary N) is 1. The zero-order chi connectivity index (χ0) is 13.2. The molecule has 19 heavy (non-hydrogen) atoms. The van der Waals surface area contributed by atoms with E-state index in [0.29, 0.717) is 0 Å². The minimum atomic E-state index is 0.717. The third-order valence-corrected chi connectivity index (χ3v) is 4.16. The summed E-state index contributed by atoms with van der Waals surface area (Å²) >= 11 is 0. The molecule has 3 nitrogen and oxygen atoms in total. The van der Waals surface area contributed by atoms with Gasteiger partial charge in [0.05, 0.1) is 11.2 Å². The standard InChI is InChI=1S/C16H21N3/c1-19(13-6-2-3-7-13)11-12-10-15(17)14-8-4-5-9-16(14)18-12/h4-5,8-10,13H,2-3,6-7,11H2,1H3,(H2,17,18). The second-order valence-electron chi connectivity index (χ2n) is 5.57. The van der Waals surface area contributed by atoms with Crippen molar-refractivity contribution in [2.24, 2.45) is 0 Å². The fourth-order valence-corrected chi connectivity index (χ4v) is 3.07. The number of nitrogen functional groups attached to an aromatic ring is 1. The number of para-hydroxylation sites is 1. The van der Waals surface area contributed by atoms with Crippen molar-refractivity contribution in [3.8, 4) is 0 Å². The summed E-state index contributed by atoms with van der Waals surface area (Å²) in [6.45, 7) is 0.889. The molecule has 1 fully saturated rings. The van der Waals surface area contributed by atoms with Gasteiger partial charge in [0.25, 0.3) is 0 Å². The van der Waals surface area contributed by atoms with E-state index < -0.39 is 0 Å². The van der Waals surface area contributed by atoms with E-state index in [4.69, 9.17) is 10.7 Å². The molecule has 0 amide bonds. The maximum Gasteiger partial charge on any atom is 0.0726 e. The van der Waals surface area contributed by atoms with Crippen molar-refractivity contribution in [2.75, 3.05) is 12.8 Å². The number of nitrogens with zero attached hydrogens (tertiary/aromatic N) is 2. The molecule has 1 heterocycles. The maximum atomic E-state index is 6.13. The van der Waals surface area contributed by atoms with Gasteiger partial charge in [-0.2, -0.15) is 0 Å². The van der Waals surface area contributed by atoms with E-state index in [1.807, 2.05) is 30.3 Å². The fraction of sp³-hybridized carbons (Fsp3) is 0.438. The molecule has 100 valence electrons. The van der Waals surface area contributed by atoms with Crippen LogP contribution in [-0.2, 0) is 6.54 Å². The normalized spacial score (nSPS) is 16.5. The summed E-state index contributed by atoms with van der Waals surface area (Å²) in [6, 6.07) is 10.8. The topological polar surface area (TPSA) is 42.1 Å². The number of aromatic nitrogens is 1. The predicted molar refractivity (Wildman–Crippen MR) is 79.9 cm³/mol. The molecule has 0 saturated heterocycles. The first-order valence-electron chi connectivity index (χ1n) is 7.08. The molecule has 0 unspecified atom stereocenters. The average Bonchev–Trinajstić information content (AvgIpc) is 2.93. The van der Waals surface area contributed by atoms with E-state index >= 15 is 0 Å². The molecular formula is C16H21N3. The largest absolute Gasteiger partial charge is 0.398 e. The minimum absolute atomic E-state index is 0.717. The van der Waals surface area contributed by atoms with Crippen molar-refractivity contribution in [1.29, 1.82) is 0 Å². The van der Waals surface area contributed by atoms with Gasteiger partial charge in [-0.15, -0.1) is 0 Å². The van der Waals surface area contributed by atoms with Crippen molar-refractivity contribution in [2.45, 2.75) is 38.3 Å². The Balaban J connectivity index is 1.84. The van der Waals surface area contributed by atoms with Crippen LogP contribution in [0.3, 0.4) is 0 Å². The van der Waals surface area contributed by atoms with Gasteiger partial charge in [-0.1, -0.05) is 31.0 Å². The van der Waals surface area contributed by atoms with Crippen LogP contribution in [0, 0.1) is 0 Å². The van der Waals surface area contributed by atoms with Crippen LogP contribution < -0.4 is 5.73 Å². The first-order chi connectivity index (χ1) is 9.24. The van der Waals surface area contributed by atoms with E-state index in [-0.39, 0.29) is 0 Å². The third-order valence-electron chi connectivity index (χ3n) is 4.16. The van der Waals surface area contributed by atoms with Gasteiger partial charge in [-0.05, 0) is 32.0 Å². The average molecular weight is 255 g/mol. The summed E-state index contributed by atoms with van der Waals surface area (Å²) in [5.41, 5.74) is 9.03. The first-order valence-corrected chi connectivity index (χ1v) is 7.08. The van der Waals surface area contributed by atoms with E-state index in [2.05, 4.69) is 11.9 Å². The van der Waals surface area contributed by atoms with Gasteiger partial charge < -0.3 is 5.73 Å². The number of pyridine rings is 1. The number of hydrogen-bond donors (Lipinski definition) is 1. The molecule has 0 atom stereocenters. The lowest BCUT2D eigenvalue weighted by molar-refractivity contribution is 0.235. The highest BCUT2D eigenvalue weighted by Crippen LogP contribution is 2.25. The van der Waals surface area contributed by atoms with Gasteiger partial charge in [-0.25, -0.2) is 0 Å². The van der Waals surface area contributed by atoms with Crippen LogP contribution in [0.2, 0.25) is 0 Å². The van der Waals surface area contributed by atoms with Gasteiger partial charge in [0.1, 0.15) is 0 Å². The number of anilines is 1. The minimum Gasteiger partial charge on any atom is -0.398 e. The Bertz CT molecular complexity index is 573. The van der Waals surface area contributed by atoms with Crippen LogP contribution in [0.5, 0.6) is 0 Å². The van der Waals surface area contributed by atoms with Crippen molar-refractivity contribution in [3.63, 3.8) is 0 Å². The summed E-state index contributed by atoms with van der Waals surface area (Å²) in [4.78, 5) is 7.15. The summed E-state index contributed by atoms with van der Waals surface area (Å²) in [6.07, 6.45) is 5.36. The quantitative estimate of drug-likeness (QED) is 0.916. The van der Waals surface area contributed by atoms with Gasteiger partial charge in [0, 0.05) is 23.7 Å². The second kappa shape index (κ2) is 5.17. The number of benzene rings is 1. The molecule has 2 aromatic rings. The maximum absolute atomic E-state index is 6.13. The smallest absolute Gasteiger partial charge is 0.0726 e. The van der Waals surface area contributed by atoms with E-state index in [9.17, 15) is 0 Å². The van der Waals surface area contributed by atoms with Crippen molar-refractivity contribution in [3.05, 3.63) is 36.0 Å². The Kier molecular flexibility index (Phi) is 3.38. The number of hydrogen-bond acceptors (Lipinski definition) is 3. The molecule has 1 aromatic heterocycles. The predicted octanol–water partition coefficient (Wildman–Crippen LogP) is 3.19. The molecule has 3 rings (SSSR count). The molecule has 0 radical (unpaired) electrons. The van der Waals surface area contributed by atoms with Crippen LogP contribution in [0.4, 0.5) is 5.69 Å². The zero-order valence-corrected chi connectivity index (χ0v) is 11.5. The zero-order valence-electron chi connectivity index (χ0n) is 11.5. The number of fused-ring (bicyclic) bond motifs is 1. The highest BCUT2D eigenvalue weighted by atomic mass is 15.1. The Labute approximate surface area is 114 Å². The number of rotatable bonds is 3. The Morgan fingerprint density at radius 2 is 2.00 bits per heavy atom. The van der Waals surface area contributed by atoms with Crippen molar-refractivity contribution >= 4 is 16.6 Å². The van der Waals surface area contributed by atoms with Crippen LogP contribution in [0.15, 0.2) is 30.3 Å². The Morgan fingerprint density at radius 3 is 2.79 bits per heavy atom.